The largest absolute Gasteiger partial charge is 0.440 e. The Balaban J connectivity index is 2.09. The van der Waals surface area contributed by atoms with E-state index in [1.807, 2.05) is 0 Å². The smallest absolute Gasteiger partial charge is 0.361 e. The number of halogens is 4. The number of hydrogen-bond acceptors (Lipinski definition) is 5. The van der Waals surface area contributed by atoms with Crippen LogP contribution < -0.4 is 4.90 Å². The van der Waals surface area contributed by atoms with Gasteiger partial charge in [-0.25, -0.2) is 17.8 Å². The number of rotatable bonds is 3. The minimum absolute atomic E-state index is 0.0132. The molecule has 0 saturated heterocycles. The van der Waals surface area contributed by atoms with Crippen molar-refractivity contribution in [3.63, 3.8) is 0 Å². The number of nitrogens with zero attached hydrogens (tertiary/aromatic N) is 2. The van der Waals surface area contributed by atoms with Crippen LogP contribution in [0.25, 0.3) is 0 Å². The molecule has 1 unspecified atom stereocenters. The molecule has 27 heavy (non-hydrogen) atoms. The van der Waals surface area contributed by atoms with Gasteiger partial charge >= 0.3 is 6.18 Å². The van der Waals surface area contributed by atoms with E-state index in [4.69, 9.17) is 0 Å². The molecule has 0 bridgehead atoms. The third-order valence-corrected chi connectivity index (χ3v) is 5.17. The number of amidine groups is 1. The molecule has 1 aliphatic heterocycles. The highest BCUT2D eigenvalue weighted by atomic mass is 32.2. The highest BCUT2D eigenvalue weighted by Gasteiger charge is 2.58. The van der Waals surface area contributed by atoms with Crippen LogP contribution in [0.1, 0.15) is 5.56 Å². The number of aliphatic imine (C=N–C) groups is 1. The van der Waals surface area contributed by atoms with E-state index in [1.54, 1.807) is 0 Å². The van der Waals surface area contributed by atoms with Crippen molar-refractivity contribution in [1.82, 2.24) is 0 Å². The van der Waals surface area contributed by atoms with E-state index in [-0.39, 0.29) is 22.0 Å². The quantitative estimate of drug-likeness (QED) is 0.802. The first-order chi connectivity index (χ1) is 12.4. The molecule has 10 heteroatoms. The minimum atomic E-state index is -5.05. The Morgan fingerprint density at radius 3 is 2.30 bits per heavy atom. The van der Waals surface area contributed by atoms with Gasteiger partial charge in [0.15, 0.2) is 9.84 Å². The maximum atomic E-state index is 13.5. The lowest BCUT2D eigenvalue weighted by atomic mass is 10.1. The van der Waals surface area contributed by atoms with Crippen LogP contribution >= 0.6 is 0 Å². The summed E-state index contributed by atoms with van der Waals surface area (Å²) < 4.78 is 76.5. The van der Waals surface area contributed by atoms with E-state index >= 15 is 0 Å². The first-order valence-corrected chi connectivity index (χ1v) is 9.52. The van der Waals surface area contributed by atoms with E-state index < -0.39 is 34.1 Å². The predicted molar refractivity (Wildman–Crippen MR) is 90.8 cm³/mol. The molecule has 1 N–H and O–H groups in total. The third-order valence-electron chi connectivity index (χ3n) is 4.04. The molecular formula is C17H14F4N2O3S. The molecule has 3 rings (SSSR count). The summed E-state index contributed by atoms with van der Waals surface area (Å²) in [6.45, 7) is -0.944. The second-order valence-corrected chi connectivity index (χ2v) is 8.13. The van der Waals surface area contributed by atoms with Crippen LogP contribution in [0.2, 0.25) is 0 Å². The average Bonchev–Trinajstić information content (AvgIpc) is 2.93. The predicted octanol–water partition coefficient (Wildman–Crippen LogP) is 2.75. The lowest BCUT2D eigenvalue weighted by Crippen LogP contribution is -2.47. The van der Waals surface area contributed by atoms with Crippen molar-refractivity contribution in [2.45, 2.75) is 16.8 Å². The molecule has 144 valence electrons. The van der Waals surface area contributed by atoms with Crippen molar-refractivity contribution in [1.29, 1.82) is 0 Å². The maximum absolute atomic E-state index is 13.5. The molecule has 1 heterocycles. The summed E-state index contributed by atoms with van der Waals surface area (Å²) in [4.78, 5) is 4.47. The van der Waals surface area contributed by atoms with Crippen molar-refractivity contribution in [3.05, 3.63) is 59.9 Å². The Hall–Kier alpha value is -2.46. The molecule has 1 atom stereocenters. The summed E-state index contributed by atoms with van der Waals surface area (Å²) >= 11 is 0. The molecule has 0 aliphatic carbocycles. The minimum Gasteiger partial charge on any atom is -0.361 e. The molecule has 2 aromatic rings. The fourth-order valence-corrected chi connectivity index (χ4v) is 3.28. The molecule has 0 spiro atoms. The van der Waals surface area contributed by atoms with Gasteiger partial charge in [0, 0.05) is 17.5 Å². The highest BCUT2D eigenvalue weighted by Crippen LogP contribution is 2.39. The van der Waals surface area contributed by atoms with Crippen molar-refractivity contribution in [3.8, 4) is 0 Å². The van der Waals surface area contributed by atoms with Crippen molar-refractivity contribution in [2.24, 2.45) is 4.99 Å². The average molecular weight is 402 g/mol. The number of anilines is 1. The Labute approximate surface area is 152 Å². The highest BCUT2D eigenvalue weighted by molar-refractivity contribution is 7.90. The second kappa shape index (κ2) is 6.31. The van der Waals surface area contributed by atoms with Gasteiger partial charge in [-0.3, -0.25) is 0 Å². The van der Waals surface area contributed by atoms with Crippen molar-refractivity contribution < 1.29 is 31.1 Å². The van der Waals surface area contributed by atoms with Crippen LogP contribution in [0.5, 0.6) is 0 Å². The zero-order valence-corrected chi connectivity index (χ0v) is 14.7. The molecule has 0 fully saturated rings. The second-order valence-electron chi connectivity index (χ2n) is 6.11. The van der Waals surface area contributed by atoms with Gasteiger partial charge in [-0.1, -0.05) is 12.1 Å². The third kappa shape index (κ3) is 3.67. The summed E-state index contributed by atoms with van der Waals surface area (Å²) in [5.74, 6) is -0.952. The molecule has 0 amide bonds. The Morgan fingerprint density at radius 1 is 1.15 bits per heavy atom. The first-order valence-electron chi connectivity index (χ1n) is 7.63. The number of aliphatic hydroxyl groups is 1. The Morgan fingerprint density at radius 2 is 1.78 bits per heavy atom. The van der Waals surface area contributed by atoms with E-state index in [2.05, 4.69) is 4.99 Å². The van der Waals surface area contributed by atoms with E-state index in [9.17, 15) is 31.1 Å². The fourth-order valence-electron chi connectivity index (χ4n) is 2.65. The van der Waals surface area contributed by atoms with Crippen LogP contribution in [-0.4, -0.2) is 44.1 Å². The van der Waals surface area contributed by atoms with E-state index in [0.717, 1.165) is 23.3 Å². The standard InChI is InChI=1S/C17H14F4N2O3S/c1-27(25,26)14-7-5-13(6-8-14)23-10-16(24,17(19,20)21)22-15(23)11-3-2-4-12(18)9-11/h2-9,24H,10H2,1H3. The molecule has 2 aromatic carbocycles. The van der Waals surface area contributed by atoms with Crippen molar-refractivity contribution >= 4 is 21.4 Å². The zero-order valence-electron chi connectivity index (χ0n) is 13.9. The van der Waals surface area contributed by atoms with Gasteiger partial charge in [0.05, 0.1) is 11.4 Å². The zero-order chi connectivity index (χ0) is 20.0. The summed E-state index contributed by atoms with van der Waals surface area (Å²) in [5, 5.41) is 10.0. The number of alkyl halides is 3. The normalized spacial score (nSPS) is 20.7. The summed E-state index contributed by atoms with van der Waals surface area (Å²) in [6, 6.07) is 9.86. The van der Waals surface area contributed by atoms with Crippen LogP contribution in [0, 0.1) is 5.82 Å². The first kappa shape index (κ1) is 19.3. The van der Waals surface area contributed by atoms with Crippen LogP contribution in [0.3, 0.4) is 0 Å². The molecular weight excluding hydrogens is 388 g/mol. The topological polar surface area (TPSA) is 70.0 Å². The van der Waals surface area contributed by atoms with Gasteiger partial charge < -0.3 is 10.0 Å². The SMILES string of the molecule is CS(=O)(=O)c1ccc(N2CC(O)(C(F)(F)F)N=C2c2cccc(F)c2)cc1. The van der Waals surface area contributed by atoms with Crippen LogP contribution in [0.15, 0.2) is 58.4 Å². The van der Waals surface area contributed by atoms with Gasteiger partial charge in [-0.2, -0.15) is 13.2 Å². The van der Waals surface area contributed by atoms with Crippen LogP contribution in [-0.2, 0) is 9.84 Å². The lowest BCUT2D eigenvalue weighted by Gasteiger charge is -2.25. The Bertz CT molecular complexity index is 1000. The van der Waals surface area contributed by atoms with Crippen molar-refractivity contribution in [2.75, 3.05) is 17.7 Å². The molecule has 0 aromatic heterocycles. The van der Waals surface area contributed by atoms with E-state index in [0.29, 0.717) is 0 Å². The molecule has 0 radical (unpaired) electrons. The van der Waals surface area contributed by atoms with Gasteiger partial charge in [-0.05, 0) is 36.4 Å². The molecule has 1 aliphatic rings. The number of sulfone groups is 1. The van der Waals surface area contributed by atoms with Crippen LogP contribution in [0.4, 0.5) is 23.2 Å². The van der Waals surface area contributed by atoms with Gasteiger partial charge in [0.25, 0.3) is 5.72 Å². The fraction of sp³-hybridized carbons (Fsp3) is 0.235. The maximum Gasteiger partial charge on any atom is 0.440 e. The molecule has 0 saturated carbocycles. The van der Waals surface area contributed by atoms with E-state index in [1.165, 1.54) is 36.4 Å². The summed E-state index contributed by atoms with van der Waals surface area (Å²) in [7, 11) is -3.49. The van der Waals surface area contributed by atoms with Gasteiger partial charge in [-0.15, -0.1) is 0 Å². The number of benzene rings is 2. The number of β-amino-alcohol motifs (C(OH)–C–C–N with tert-alkyl or cyclic N) is 1. The summed E-state index contributed by atoms with van der Waals surface area (Å²) in [6.07, 6.45) is -4.05. The van der Waals surface area contributed by atoms with Gasteiger partial charge in [0.1, 0.15) is 11.7 Å². The molecule has 5 nitrogen and oxygen atoms in total. The Kier molecular flexibility index (Phi) is 4.51. The van der Waals surface area contributed by atoms with Gasteiger partial charge in [0.2, 0.25) is 0 Å². The summed E-state index contributed by atoms with van der Waals surface area (Å²) in [5.41, 5.74) is -3.16. The number of hydrogen-bond donors (Lipinski definition) is 1. The monoisotopic (exact) mass is 402 g/mol. The lowest BCUT2D eigenvalue weighted by molar-refractivity contribution is -0.249.